The molecule has 3 rings (SSSR count). The number of hydrogen-bond donors (Lipinski definition) is 2. The molecular weight excluding hydrogens is 395 g/mol. The highest BCUT2D eigenvalue weighted by molar-refractivity contribution is 7.89. The number of amides is 1. The highest BCUT2D eigenvalue weighted by Crippen LogP contribution is 2.23. The molecule has 1 unspecified atom stereocenters. The standard InChI is InChI=1S/C21H19FN2O4S/c22-16-6-8-17(9-7-16)28-18-10-12-19(13-11-18)29(26,27)24-20(21(23)25)14-15-4-2-1-3-5-15/h1-13,20,24H,14H2,(H2,23,25). The molecule has 29 heavy (non-hydrogen) atoms. The number of sulfonamides is 1. The number of carbonyl (C=O) groups excluding carboxylic acids is 1. The molecule has 0 aliphatic heterocycles. The third kappa shape index (κ3) is 5.63. The molecule has 0 saturated heterocycles. The van der Waals surface area contributed by atoms with Gasteiger partial charge in [0.2, 0.25) is 15.9 Å². The third-order valence-corrected chi connectivity index (χ3v) is 5.59. The Kier molecular flexibility index (Phi) is 6.26. The maximum absolute atomic E-state index is 12.9. The molecule has 150 valence electrons. The maximum Gasteiger partial charge on any atom is 0.241 e. The molecule has 0 heterocycles. The number of benzene rings is 3. The Balaban J connectivity index is 1.72. The van der Waals surface area contributed by atoms with Crippen LogP contribution in [0.15, 0.2) is 83.8 Å². The topological polar surface area (TPSA) is 98.5 Å². The molecule has 0 fully saturated rings. The van der Waals surface area contributed by atoms with Gasteiger partial charge in [-0.2, -0.15) is 4.72 Å². The van der Waals surface area contributed by atoms with Crippen molar-refractivity contribution in [2.24, 2.45) is 5.73 Å². The molecular formula is C21H19FN2O4S. The van der Waals surface area contributed by atoms with Crippen LogP contribution in [-0.2, 0) is 21.2 Å². The van der Waals surface area contributed by atoms with E-state index in [2.05, 4.69) is 4.72 Å². The number of hydrogen-bond acceptors (Lipinski definition) is 4. The predicted octanol–water partition coefficient (Wildman–Crippen LogP) is 2.99. The van der Waals surface area contributed by atoms with E-state index in [1.165, 1.54) is 48.5 Å². The van der Waals surface area contributed by atoms with Gasteiger partial charge in [0.05, 0.1) is 4.90 Å². The van der Waals surface area contributed by atoms with Crippen LogP contribution in [0.1, 0.15) is 5.56 Å². The molecule has 1 amide bonds. The van der Waals surface area contributed by atoms with Crippen molar-refractivity contribution < 1.29 is 22.3 Å². The number of rotatable bonds is 8. The van der Waals surface area contributed by atoms with Crippen molar-refractivity contribution in [1.29, 1.82) is 0 Å². The lowest BCUT2D eigenvalue weighted by Gasteiger charge is -2.16. The zero-order valence-corrected chi connectivity index (χ0v) is 16.1. The van der Waals surface area contributed by atoms with E-state index in [-0.39, 0.29) is 17.1 Å². The molecule has 0 aromatic heterocycles. The zero-order chi connectivity index (χ0) is 20.9. The lowest BCUT2D eigenvalue weighted by molar-refractivity contribution is -0.119. The summed E-state index contributed by atoms with van der Waals surface area (Å²) in [6.45, 7) is 0. The minimum Gasteiger partial charge on any atom is -0.457 e. The van der Waals surface area contributed by atoms with Crippen LogP contribution in [0, 0.1) is 5.82 Å². The molecule has 3 aromatic carbocycles. The largest absolute Gasteiger partial charge is 0.457 e. The monoisotopic (exact) mass is 414 g/mol. The number of nitrogens with one attached hydrogen (secondary N) is 1. The minimum absolute atomic E-state index is 0.0386. The fourth-order valence-corrected chi connectivity index (χ4v) is 3.84. The van der Waals surface area contributed by atoms with Gasteiger partial charge in [0, 0.05) is 0 Å². The van der Waals surface area contributed by atoms with E-state index >= 15 is 0 Å². The summed E-state index contributed by atoms with van der Waals surface area (Å²) in [6.07, 6.45) is 0.140. The van der Waals surface area contributed by atoms with E-state index < -0.39 is 22.0 Å². The van der Waals surface area contributed by atoms with E-state index in [1.807, 2.05) is 6.07 Å². The van der Waals surface area contributed by atoms with Gasteiger partial charge in [0.25, 0.3) is 0 Å². The highest BCUT2D eigenvalue weighted by atomic mass is 32.2. The van der Waals surface area contributed by atoms with Crippen LogP contribution in [-0.4, -0.2) is 20.4 Å². The molecule has 0 spiro atoms. The second kappa shape index (κ2) is 8.85. The number of carbonyl (C=O) groups is 1. The third-order valence-electron chi connectivity index (χ3n) is 4.11. The molecule has 0 saturated carbocycles. The van der Waals surface area contributed by atoms with Gasteiger partial charge in [0.15, 0.2) is 0 Å². The van der Waals surface area contributed by atoms with Crippen molar-refractivity contribution in [3.8, 4) is 11.5 Å². The Morgan fingerprint density at radius 1 is 0.931 bits per heavy atom. The molecule has 6 nitrogen and oxygen atoms in total. The number of primary amides is 1. The Bertz CT molecular complexity index is 1070. The summed E-state index contributed by atoms with van der Waals surface area (Å²) in [5.41, 5.74) is 6.16. The molecule has 0 bridgehead atoms. The number of nitrogens with two attached hydrogens (primary N) is 1. The Labute approximate surface area is 168 Å². The van der Waals surface area contributed by atoms with Gasteiger partial charge in [-0.25, -0.2) is 12.8 Å². The van der Waals surface area contributed by atoms with E-state index in [0.29, 0.717) is 11.5 Å². The molecule has 0 aliphatic rings. The number of halogens is 1. The van der Waals surface area contributed by atoms with Crippen LogP contribution < -0.4 is 15.2 Å². The van der Waals surface area contributed by atoms with Gasteiger partial charge >= 0.3 is 0 Å². The van der Waals surface area contributed by atoms with E-state index in [9.17, 15) is 17.6 Å². The van der Waals surface area contributed by atoms with Gasteiger partial charge in [-0.3, -0.25) is 4.79 Å². The predicted molar refractivity (Wildman–Crippen MR) is 106 cm³/mol. The summed E-state index contributed by atoms with van der Waals surface area (Å²) >= 11 is 0. The molecule has 3 N–H and O–H groups in total. The lowest BCUT2D eigenvalue weighted by atomic mass is 10.1. The summed E-state index contributed by atoms with van der Waals surface area (Å²) in [5, 5.41) is 0. The summed E-state index contributed by atoms with van der Waals surface area (Å²) in [5.74, 6) is -0.360. The van der Waals surface area contributed by atoms with Crippen LogP contribution in [0.3, 0.4) is 0 Å². The van der Waals surface area contributed by atoms with E-state index in [1.54, 1.807) is 24.3 Å². The van der Waals surface area contributed by atoms with Gasteiger partial charge in [-0.15, -0.1) is 0 Å². The Hall–Kier alpha value is -3.23. The minimum atomic E-state index is -3.98. The average molecular weight is 414 g/mol. The van der Waals surface area contributed by atoms with Crippen molar-refractivity contribution in [2.75, 3.05) is 0 Å². The second-order valence-corrected chi connectivity index (χ2v) is 8.01. The summed E-state index contributed by atoms with van der Waals surface area (Å²) in [6, 6.07) is 19.0. The van der Waals surface area contributed by atoms with E-state index in [0.717, 1.165) is 5.56 Å². The van der Waals surface area contributed by atoms with E-state index in [4.69, 9.17) is 10.5 Å². The molecule has 0 radical (unpaired) electrons. The van der Waals surface area contributed by atoms with Crippen molar-refractivity contribution in [3.63, 3.8) is 0 Å². The fourth-order valence-electron chi connectivity index (χ4n) is 2.63. The fraction of sp³-hybridized carbons (Fsp3) is 0.0952. The van der Waals surface area contributed by atoms with Crippen molar-refractivity contribution >= 4 is 15.9 Å². The van der Waals surface area contributed by atoms with Crippen LogP contribution in [0.25, 0.3) is 0 Å². The first-order valence-corrected chi connectivity index (χ1v) is 10.2. The SMILES string of the molecule is NC(=O)C(Cc1ccccc1)NS(=O)(=O)c1ccc(Oc2ccc(F)cc2)cc1. The lowest BCUT2D eigenvalue weighted by Crippen LogP contribution is -2.45. The summed E-state index contributed by atoms with van der Waals surface area (Å²) in [7, 11) is -3.98. The second-order valence-electron chi connectivity index (χ2n) is 6.29. The first kappa shape index (κ1) is 20.5. The number of ether oxygens (including phenoxy) is 1. The highest BCUT2D eigenvalue weighted by Gasteiger charge is 2.24. The van der Waals surface area contributed by atoms with Gasteiger partial charge in [-0.1, -0.05) is 30.3 Å². The van der Waals surface area contributed by atoms with Gasteiger partial charge in [0.1, 0.15) is 23.4 Å². The molecule has 1 atom stereocenters. The van der Waals surface area contributed by atoms with Crippen molar-refractivity contribution in [2.45, 2.75) is 17.4 Å². The van der Waals surface area contributed by atoms with Crippen molar-refractivity contribution in [3.05, 3.63) is 90.2 Å². The summed E-state index contributed by atoms with van der Waals surface area (Å²) < 4.78 is 46.1. The normalized spacial score (nSPS) is 12.3. The first-order chi connectivity index (χ1) is 13.8. The van der Waals surface area contributed by atoms with Gasteiger partial charge in [-0.05, 0) is 60.5 Å². The Morgan fingerprint density at radius 2 is 1.48 bits per heavy atom. The van der Waals surface area contributed by atoms with Crippen LogP contribution >= 0.6 is 0 Å². The van der Waals surface area contributed by atoms with Crippen LogP contribution in [0.4, 0.5) is 4.39 Å². The van der Waals surface area contributed by atoms with Crippen molar-refractivity contribution in [1.82, 2.24) is 4.72 Å². The quantitative estimate of drug-likeness (QED) is 0.592. The average Bonchev–Trinajstić information content (AvgIpc) is 2.70. The van der Waals surface area contributed by atoms with Crippen LogP contribution in [0.5, 0.6) is 11.5 Å². The summed E-state index contributed by atoms with van der Waals surface area (Å²) in [4.78, 5) is 11.7. The zero-order valence-electron chi connectivity index (χ0n) is 15.3. The van der Waals surface area contributed by atoms with Gasteiger partial charge < -0.3 is 10.5 Å². The first-order valence-electron chi connectivity index (χ1n) is 8.72. The molecule has 3 aromatic rings. The van der Waals surface area contributed by atoms with Crippen LogP contribution in [0.2, 0.25) is 0 Å². The molecule has 8 heteroatoms. The smallest absolute Gasteiger partial charge is 0.241 e. The Morgan fingerprint density at radius 3 is 2.03 bits per heavy atom. The maximum atomic E-state index is 12.9. The molecule has 0 aliphatic carbocycles.